The van der Waals surface area contributed by atoms with Crippen molar-refractivity contribution in [1.29, 1.82) is 0 Å². The topological polar surface area (TPSA) is 86.2 Å². The number of nitrogens with zero attached hydrogens (tertiary/aromatic N) is 1. The van der Waals surface area contributed by atoms with Gasteiger partial charge in [-0.15, -0.1) is 11.3 Å². The fourth-order valence-corrected chi connectivity index (χ4v) is 5.20. The number of halogens is 1. The number of hydrogen-bond donors (Lipinski definition) is 1. The first kappa shape index (κ1) is 25.3. The normalized spacial score (nSPS) is 11.1. The summed E-state index contributed by atoms with van der Waals surface area (Å²) < 4.78 is 17.5. The Labute approximate surface area is 227 Å². The molecule has 0 bridgehead atoms. The fraction of sp³-hybridized carbons (Fsp3) is 0.0690. The molecule has 1 heterocycles. The largest absolute Gasteiger partial charge is 0.493 e. The maximum Gasteiger partial charge on any atom is 0.355 e. The molecule has 1 aromatic heterocycles. The van der Waals surface area contributed by atoms with Crippen molar-refractivity contribution in [3.05, 3.63) is 100 Å². The van der Waals surface area contributed by atoms with E-state index in [4.69, 9.17) is 25.8 Å². The van der Waals surface area contributed by atoms with Crippen LogP contribution in [0.3, 0.4) is 0 Å². The zero-order chi connectivity index (χ0) is 26.5. The van der Waals surface area contributed by atoms with E-state index >= 15 is 0 Å². The number of carbonyl (C=O) groups is 2. The van der Waals surface area contributed by atoms with Crippen molar-refractivity contribution >= 4 is 61.9 Å². The molecule has 5 rings (SSSR count). The van der Waals surface area contributed by atoms with Crippen LogP contribution in [-0.2, 0) is 4.79 Å². The summed E-state index contributed by atoms with van der Waals surface area (Å²) in [5, 5.41) is 7.09. The molecule has 0 unspecified atom stereocenters. The first-order chi connectivity index (χ1) is 18.5. The Morgan fingerprint density at radius 1 is 0.921 bits per heavy atom. The standard InChI is InChI=1S/C29H21ClN2O5S/c1-35-24-15-18(13-14-23(24)37-29(34)28-27(30)21-10-4-5-12-25(21)38-28)16-31-32-26(33)17-36-22-11-6-8-19-7-2-3-9-20(19)22/h2-16H,17H2,1H3,(H,32,33). The van der Waals surface area contributed by atoms with Crippen LogP contribution in [0, 0.1) is 0 Å². The molecule has 0 aliphatic heterocycles. The van der Waals surface area contributed by atoms with Gasteiger partial charge in [-0.3, -0.25) is 4.79 Å². The third-order valence-corrected chi connectivity index (χ3v) is 7.28. The molecular weight excluding hydrogens is 524 g/mol. The van der Waals surface area contributed by atoms with Gasteiger partial charge in [-0.25, -0.2) is 10.2 Å². The van der Waals surface area contributed by atoms with Gasteiger partial charge in [-0.2, -0.15) is 5.10 Å². The average Bonchev–Trinajstić information content (AvgIpc) is 3.29. The molecule has 0 atom stereocenters. The summed E-state index contributed by atoms with van der Waals surface area (Å²) in [7, 11) is 1.46. The summed E-state index contributed by atoms with van der Waals surface area (Å²) in [6.45, 7) is -0.191. The third kappa shape index (κ3) is 5.46. The summed E-state index contributed by atoms with van der Waals surface area (Å²) >= 11 is 7.67. The number of nitrogens with one attached hydrogen (secondary N) is 1. The average molecular weight is 545 g/mol. The van der Waals surface area contributed by atoms with E-state index in [-0.39, 0.29) is 12.4 Å². The van der Waals surface area contributed by atoms with Crippen LogP contribution in [0.5, 0.6) is 17.2 Å². The van der Waals surface area contributed by atoms with E-state index in [0.29, 0.717) is 27.0 Å². The van der Waals surface area contributed by atoms with Gasteiger partial charge in [-0.1, -0.05) is 66.2 Å². The minimum absolute atomic E-state index is 0.191. The second kappa shape index (κ2) is 11.3. The molecular formula is C29H21ClN2O5S. The maximum atomic E-state index is 12.8. The Balaban J connectivity index is 1.20. The third-order valence-electron chi connectivity index (χ3n) is 5.62. The van der Waals surface area contributed by atoms with Crippen LogP contribution in [-0.4, -0.2) is 31.8 Å². The molecule has 1 N–H and O–H groups in total. The quantitative estimate of drug-likeness (QED) is 0.105. The first-order valence-electron chi connectivity index (χ1n) is 11.5. The van der Waals surface area contributed by atoms with Crippen LogP contribution in [0.15, 0.2) is 90.0 Å². The van der Waals surface area contributed by atoms with Crippen molar-refractivity contribution in [2.24, 2.45) is 5.10 Å². The number of ether oxygens (including phenoxy) is 3. The molecule has 5 aromatic rings. The highest BCUT2D eigenvalue weighted by Gasteiger charge is 2.20. The summed E-state index contributed by atoms with van der Waals surface area (Å²) in [5.41, 5.74) is 3.06. The molecule has 0 saturated carbocycles. The highest BCUT2D eigenvalue weighted by Crippen LogP contribution is 2.37. The van der Waals surface area contributed by atoms with Crippen LogP contribution < -0.4 is 19.6 Å². The van der Waals surface area contributed by atoms with Crippen molar-refractivity contribution in [1.82, 2.24) is 5.43 Å². The Kier molecular flexibility index (Phi) is 7.53. The molecule has 0 saturated heterocycles. The summed E-state index contributed by atoms with van der Waals surface area (Å²) in [4.78, 5) is 25.3. The van der Waals surface area contributed by atoms with Crippen molar-refractivity contribution in [2.75, 3.05) is 13.7 Å². The van der Waals surface area contributed by atoms with Crippen LogP contribution in [0.25, 0.3) is 20.9 Å². The molecule has 0 aliphatic rings. The van der Waals surface area contributed by atoms with E-state index in [0.717, 1.165) is 20.9 Å². The Morgan fingerprint density at radius 3 is 2.50 bits per heavy atom. The minimum Gasteiger partial charge on any atom is -0.493 e. The summed E-state index contributed by atoms with van der Waals surface area (Å²) in [5.74, 6) is 0.191. The molecule has 0 aliphatic carbocycles. The van der Waals surface area contributed by atoms with E-state index < -0.39 is 11.9 Å². The van der Waals surface area contributed by atoms with E-state index in [2.05, 4.69) is 10.5 Å². The van der Waals surface area contributed by atoms with E-state index in [1.54, 1.807) is 18.2 Å². The minimum atomic E-state index is -0.575. The summed E-state index contributed by atoms with van der Waals surface area (Å²) in [6, 6.07) is 25.8. The second-order valence-corrected chi connectivity index (χ2v) is 9.53. The van der Waals surface area contributed by atoms with Crippen molar-refractivity contribution in [3.8, 4) is 17.2 Å². The smallest absolute Gasteiger partial charge is 0.355 e. The van der Waals surface area contributed by atoms with Crippen molar-refractivity contribution in [3.63, 3.8) is 0 Å². The van der Waals surface area contributed by atoms with Gasteiger partial charge in [0.2, 0.25) is 0 Å². The number of esters is 1. The van der Waals surface area contributed by atoms with Crippen molar-refractivity contribution in [2.45, 2.75) is 0 Å². The molecule has 0 spiro atoms. The van der Waals surface area contributed by atoms with E-state index in [1.165, 1.54) is 24.7 Å². The van der Waals surface area contributed by atoms with Crippen LogP contribution in [0.2, 0.25) is 5.02 Å². The van der Waals surface area contributed by atoms with Gasteiger partial charge < -0.3 is 14.2 Å². The zero-order valence-corrected chi connectivity index (χ0v) is 21.7. The summed E-state index contributed by atoms with van der Waals surface area (Å²) in [6.07, 6.45) is 1.45. The van der Waals surface area contributed by atoms with Gasteiger partial charge in [0, 0.05) is 15.5 Å². The van der Waals surface area contributed by atoms with Gasteiger partial charge >= 0.3 is 5.97 Å². The van der Waals surface area contributed by atoms with Crippen LogP contribution >= 0.6 is 22.9 Å². The Hall–Kier alpha value is -4.40. The van der Waals surface area contributed by atoms with E-state index in [1.807, 2.05) is 66.7 Å². The molecule has 4 aromatic carbocycles. The monoisotopic (exact) mass is 544 g/mol. The van der Waals surface area contributed by atoms with Gasteiger partial charge in [-0.05, 0) is 41.3 Å². The molecule has 7 nitrogen and oxygen atoms in total. The molecule has 9 heteroatoms. The number of methoxy groups -OCH3 is 1. The fourth-order valence-electron chi connectivity index (χ4n) is 3.82. The van der Waals surface area contributed by atoms with Gasteiger partial charge in [0.25, 0.3) is 5.91 Å². The highest BCUT2D eigenvalue weighted by molar-refractivity contribution is 7.21. The predicted octanol–water partition coefficient (Wildman–Crippen LogP) is 6.46. The number of hydrogen-bond acceptors (Lipinski definition) is 7. The molecule has 0 radical (unpaired) electrons. The lowest BCUT2D eigenvalue weighted by molar-refractivity contribution is -0.123. The number of carbonyl (C=O) groups excluding carboxylic acids is 2. The number of amides is 1. The lowest BCUT2D eigenvalue weighted by Gasteiger charge is -2.09. The lowest BCUT2D eigenvalue weighted by Crippen LogP contribution is -2.24. The first-order valence-corrected chi connectivity index (χ1v) is 12.7. The van der Waals surface area contributed by atoms with Gasteiger partial charge in [0.1, 0.15) is 10.6 Å². The SMILES string of the molecule is COc1cc(C=NNC(=O)COc2cccc3ccccc23)ccc1OC(=O)c1sc2ccccc2c1Cl. The molecule has 1 amide bonds. The Bertz CT molecular complexity index is 1680. The Morgan fingerprint density at radius 2 is 1.68 bits per heavy atom. The number of benzene rings is 4. The number of fused-ring (bicyclic) bond motifs is 2. The van der Waals surface area contributed by atoms with Crippen molar-refractivity contribution < 1.29 is 23.8 Å². The van der Waals surface area contributed by atoms with Gasteiger partial charge in [0.05, 0.1) is 18.3 Å². The number of thiophene rings is 1. The van der Waals surface area contributed by atoms with Crippen LogP contribution in [0.1, 0.15) is 15.2 Å². The molecule has 190 valence electrons. The molecule has 38 heavy (non-hydrogen) atoms. The zero-order valence-electron chi connectivity index (χ0n) is 20.1. The predicted molar refractivity (Wildman–Crippen MR) is 150 cm³/mol. The van der Waals surface area contributed by atoms with Gasteiger partial charge in [0.15, 0.2) is 18.1 Å². The molecule has 0 fully saturated rings. The van der Waals surface area contributed by atoms with E-state index in [9.17, 15) is 9.59 Å². The highest BCUT2D eigenvalue weighted by atomic mass is 35.5. The number of rotatable bonds is 8. The lowest BCUT2D eigenvalue weighted by atomic mass is 10.1. The maximum absolute atomic E-state index is 12.8. The second-order valence-electron chi connectivity index (χ2n) is 8.10. The number of hydrazone groups is 1. The van der Waals surface area contributed by atoms with Crippen LogP contribution in [0.4, 0.5) is 0 Å².